The minimum Gasteiger partial charge on any atom is -0.325 e. The van der Waals surface area contributed by atoms with Crippen LogP contribution in [-0.4, -0.2) is 11.3 Å². The van der Waals surface area contributed by atoms with Gasteiger partial charge in [0.25, 0.3) is 0 Å². The molecule has 3 heteroatoms. The zero-order chi connectivity index (χ0) is 10.6. The Bertz CT molecular complexity index is 276. The summed E-state index contributed by atoms with van der Waals surface area (Å²) in [6.07, 6.45) is 0. The van der Waals surface area contributed by atoms with Crippen LogP contribution in [0.1, 0.15) is 19.4 Å². The van der Waals surface area contributed by atoms with Crippen LogP contribution in [0.25, 0.3) is 0 Å². The van der Waals surface area contributed by atoms with Crippen molar-refractivity contribution in [3.8, 4) is 0 Å². The third kappa shape index (κ3) is 5.22. The van der Waals surface area contributed by atoms with Gasteiger partial charge in [0.1, 0.15) is 0 Å². The van der Waals surface area contributed by atoms with Crippen LogP contribution in [0.15, 0.2) is 24.3 Å². The molecule has 0 radical (unpaired) electrons. The van der Waals surface area contributed by atoms with Gasteiger partial charge < -0.3 is 5.73 Å². The second-order valence-electron chi connectivity index (χ2n) is 4.11. The van der Waals surface area contributed by atoms with Crippen LogP contribution < -0.4 is 5.73 Å². The molecule has 14 heavy (non-hydrogen) atoms. The minimum absolute atomic E-state index is 0.0616. The van der Waals surface area contributed by atoms with Gasteiger partial charge in [0.05, 0.1) is 0 Å². The highest BCUT2D eigenvalue weighted by Gasteiger charge is 2.09. The van der Waals surface area contributed by atoms with Crippen molar-refractivity contribution >= 4 is 34.4 Å². The number of hydrogen-bond acceptors (Lipinski definition) is 2. The molecule has 0 atom stereocenters. The van der Waals surface area contributed by atoms with E-state index in [1.807, 2.05) is 11.8 Å². The maximum atomic E-state index is 5.90. The molecule has 1 rings (SSSR count). The Balaban J connectivity index is 2.35. The number of benzene rings is 1. The third-order valence-electron chi connectivity index (χ3n) is 1.66. The molecule has 0 unspecified atom stereocenters. The summed E-state index contributed by atoms with van der Waals surface area (Å²) < 4.78 is 1.29. The fourth-order valence-corrected chi connectivity index (χ4v) is 2.43. The van der Waals surface area contributed by atoms with Crippen molar-refractivity contribution in [3.63, 3.8) is 0 Å². The molecule has 0 heterocycles. The summed E-state index contributed by atoms with van der Waals surface area (Å²) >= 11 is 4.21. The summed E-state index contributed by atoms with van der Waals surface area (Å²) in [6.45, 7) is 4.13. The Kier molecular flexibility index (Phi) is 4.73. The molecular weight excluding hydrogens is 305 g/mol. The van der Waals surface area contributed by atoms with E-state index in [4.69, 9.17) is 5.73 Å². The predicted molar refractivity (Wildman–Crippen MR) is 73.6 cm³/mol. The van der Waals surface area contributed by atoms with Crippen molar-refractivity contribution < 1.29 is 0 Å². The highest BCUT2D eigenvalue weighted by Crippen LogP contribution is 2.17. The summed E-state index contributed by atoms with van der Waals surface area (Å²) in [7, 11) is 0. The van der Waals surface area contributed by atoms with E-state index in [9.17, 15) is 0 Å². The van der Waals surface area contributed by atoms with Gasteiger partial charge in [-0.1, -0.05) is 12.1 Å². The minimum atomic E-state index is -0.0616. The molecular formula is C11H16INS. The van der Waals surface area contributed by atoms with Crippen molar-refractivity contribution in [2.75, 3.05) is 5.75 Å². The monoisotopic (exact) mass is 321 g/mol. The number of hydrogen-bond donors (Lipinski definition) is 1. The largest absolute Gasteiger partial charge is 0.325 e. The fraction of sp³-hybridized carbons (Fsp3) is 0.455. The smallest absolute Gasteiger partial charge is 0.0188 e. The van der Waals surface area contributed by atoms with Crippen molar-refractivity contribution in [1.82, 2.24) is 0 Å². The molecule has 0 aliphatic rings. The average Bonchev–Trinajstić information content (AvgIpc) is 2.06. The van der Waals surface area contributed by atoms with E-state index in [-0.39, 0.29) is 5.54 Å². The van der Waals surface area contributed by atoms with Gasteiger partial charge in [-0.2, -0.15) is 11.8 Å². The Morgan fingerprint density at radius 2 is 1.86 bits per heavy atom. The van der Waals surface area contributed by atoms with Crippen LogP contribution in [0.3, 0.4) is 0 Å². The van der Waals surface area contributed by atoms with E-state index in [1.165, 1.54) is 9.13 Å². The highest BCUT2D eigenvalue weighted by atomic mass is 127. The van der Waals surface area contributed by atoms with Gasteiger partial charge in [0.2, 0.25) is 0 Å². The van der Waals surface area contributed by atoms with Gasteiger partial charge in [-0.25, -0.2) is 0 Å². The quantitative estimate of drug-likeness (QED) is 0.862. The summed E-state index contributed by atoms with van der Waals surface area (Å²) in [6, 6.07) is 8.64. The molecule has 2 N–H and O–H groups in total. The van der Waals surface area contributed by atoms with Gasteiger partial charge in [-0.15, -0.1) is 0 Å². The lowest BCUT2D eigenvalue weighted by atomic mass is 10.1. The Hall–Kier alpha value is 0.260. The highest BCUT2D eigenvalue weighted by molar-refractivity contribution is 14.1. The van der Waals surface area contributed by atoms with E-state index < -0.39 is 0 Å². The molecule has 1 aromatic carbocycles. The molecule has 0 saturated heterocycles. The van der Waals surface area contributed by atoms with E-state index in [0.29, 0.717) is 0 Å². The van der Waals surface area contributed by atoms with Crippen molar-refractivity contribution in [3.05, 3.63) is 33.4 Å². The van der Waals surface area contributed by atoms with Crippen molar-refractivity contribution in [2.24, 2.45) is 5.73 Å². The SMILES string of the molecule is CC(C)(N)CSCc1ccc(I)cc1. The zero-order valence-electron chi connectivity index (χ0n) is 8.59. The van der Waals surface area contributed by atoms with Crippen LogP contribution in [0.5, 0.6) is 0 Å². The lowest BCUT2D eigenvalue weighted by Crippen LogP contribution is -2.34. The first-order chi connectivity index (χ1) is 6.47. The average molecular weight is 321 g/mol. The number of halogens is 1. The summed E-state index contributed by atoms with van der Waals surface area (Å²) in [5.41, 5.74) is 7.21. The lowest BCUT2D eigenvalue weighted by molar-refractivity contribution is 0.591. The summed E-state index contributed by atoms with van der Waals surface area (Å²) in [5.74, 6) is 2.05. The van der Waals surface area contributed by atoms with Crippen LogP contribution >= 0.6 is 34.4 Å². The van der Waals surface area contributed by atoms with Crippen LogP contribution in [0, 0.1) is 3.57 Å². The van der Waals surface area contributed by atoms with Gasteiger partial charge >= 0.3 is 0 Å². The lowest BCUT2D eigenvalue weighted by Gasteiger charge is -2.17. The molecule has 0 spiro atoms. The zero-order valence-corrected chi connectivity index (χ0v) is 11.6. The predicted octanol–water partition coefficient (Wildman–Crippen LogP) is 3.26. The Morgan fingerprint density at radius 1 is 1.29 bits per heavy atom. The molecule has 0 amide bonds. The van der Waals surface area contributed by atoms with E-state index in [2.05, 4.69) is 60.7 Å². The van der Waals surface area contributed by atoms with Gasteiger partial charge in [0.15, 0.2) is 0 Å². The number of nitrogens with two attached hydrogens (primary N) is 1. The van der Waals surface area contributed by atoms with E-state index >= 15 is 0 Å². The van der Waals surface area contributed by atoms with Crippen LogP contribution in [-0.2, 0) is 5.75 Å². The van der Waals surface area contributed by atoms with E-state index in [0.717, 1.165) is 11.5 Å². The molecule has 1 nitrogen and oxygen atoms in total. The Morgan fingerprint density at radius 3 is 2.36 bits per heavy atom. The first kappa shape index (κ1) is 12.3. The molecule has 78 valence electrons. The van der Waals surface area contributed by atoms with Gasteiger partial charge in [0, 0.05) is 20.6 Å². The standard InChI is InChI=1S/C11H16INS/c1-11(2,13)8-14-7-9-3-5-10(12)6-4-9/h3-6H,7-8,13H2,1-2H3. The normalized spacial score (nSPS) is 11.7. The Labute approximate surface area is 104 Å². The molecule has 1 aromatic rings. The molecule has 0 aliphatic carbocycles. The second-order valence-corrected chi connectivity index (χ2v) is 6.34. The maximum Gasteiger partial charge on any atom is 0.0188 e. The fourth-order valence-electron chi connectivity index (χ4n) is 1.01. The number of thioether (sulfide) groups is 1. The molecule has 0 aromatic heterocycles. The van der Waals surface area contributed by atoms with Crippen molar-refractivity contribution in [2.45, 2.75) is 25.1 Å². The topological polar surface area (TPSA) is 26.0 Å². The molecule has 0 fully saturated rings. The van der Waals surface area contributed by atoms with Gasteiger partial charge in [-0.05, 0) is 54.1 Å². The molecule has 0 saturated carbocycles. The summed E-state index contributed by atoms with van der Waals surface area (Å²) in [4.78, 5) is 0. The first-order valence-electron chi connectivity index (χ1n) is 4.58. The van der Waals surface area contributed by atoms with Crippen molar-refractivity contribution in [1.29, 1.82) is 0 Å². The van der Waals surface area contributed by atoms with Gasteiger partial charge in [-0.3, -0.25) is 0 Å². The maximum absolute atomic E-state index is 5.90. The van der Waals surface area contributed by atoms with Crippen LogP contribution in [0.2, 0.25) is 0 Å². The second kappa shape index (κ2) is 5.37. The van der Waals surface area contributed by atoms with E-state index in [1.54, 1.807) is 0 Å². The molecule has 0 bridgehead atoms. The van der Waals surface area contributed by atoms with Crippen LogP contribution in [0.4, 0.5) is 0 Å². The third-order valence-corrected chi connectivity index (χ3v) is 3.86. The summed E-state index contributed by atoms with van der Waals surface area (Å²) in [5, 5.41) is 0. The molecule has 0 aliphatic heterocycles. The number of rotatable bonds is 4. The first-order valence-corrected chi connectivity index (χ1v) is 6.82.